The van der Waals surface area contributed by atoms with Crippen LogP contribution in [0.3, 0.4) is 0 Å². The Morgan fingerprint density at radius 2 is 1.77 bits per heavy atom. The average molecular weight is 501 g/mol. The first-order valence-electron chi connectivity index (χ1n) is 10.1. The molecule has 0 unspecified atom stereocenters. The van der Waals surface area contributed by atoms with Crippen LogP contribution in [0.2, 0.25) is 0 Å². The average Bonchev–Trinajstić information content (AvgIpc) is 3.30. The molecule has 12 heteroatoms. The Balaban J connectivity index is 1.61. The van der Waals surface area contributed by atoms with Crippen LogP contribution in [0.25, 0.3) is 10.6 Å². The lowest BCUT2D eigenvalue weighted by Gasteiger charge is -2.21. The van der Waals surface area contributed by atoms with Crippen LogP contribution in [-0.4, -0.2) is 36.1 Å². The van der Waals surface area contributed by atoms with Crippen LogP contribution in [0.4, 0.5) is 24.8 Å². The van der Waals surface area contributed by atoms with Crippen molar-refractivity contribution in [3.05, 3.63) is 82.4 Å². The summed E-state index contributed by atoms with van der Waals surface area (Å²) in [6.07, 6.45) is -2.04. The Hall–Kier alpha value is -3.90. The molecule has 3 aromatic heterocycles. The highest BCUT2D eigenvalue weighted by atomic mass is 32.1. The molecule has 0 spiro atoms. The van der Waals surface area contributed by atoms with E-state index in [0.717, 1.165) is 12.3 Å². The van der Waals surface area contributed by atoms with Crippen molar-refractivity contribution in [1.82, 2.24) is 19.9 Å². The van der Waals surface area contributed by atoms with Gasteiger partial charge in [0.25, 0.3) is 0 Å². The fraction of sp³-hybridized carbons (Fsp3) is 0.174. The fourth-order valence-electron chi connectivity index (χ4n) is 3.25. The van der Waals surface area contributed by atoms with Crippen molar-refractivity contribution in [3.63, 3.8) is 0 Å². The lowest BCUT2D eigenvalue weighted by atomic mass is 9.96. The van der Waals surface area contributed by atoms with Gasteiger partial charge in [0.1, 0.15) is 16.3 Å². The maximum atomic E-state index is 13.0. The number of nitrogens with one attached hydrogen (secondary N) is 1. The van der Waals surface area contributed by atoms with E-state index in [1.54, 1.807) is 26.0 Å². The fourth-order valence-corrected chi connectivity index (χ4v) is 4.20. The predicted octanol–water partition coefficient (Wildman–Crippen LogP) is 5.02. The molecule has 0 saturated carbocycles. The van der Waals surface area contributed by atoms with Crippen molar-refractivity contribution >= 4 is 28.9 Å². The van der Waals surface area contributed by atoms with Gasteiger partial charge in [0.05, 0.1) is 16.1 Å². The molecule has 0 aliphatic carbocycles. The van der Waals surface area contributed by atoms with E-state index in [1.807, 2.05) is 0 Å². The van der Waals surface area contributed by atoms with Crippen molar-refractivity contribution in [2.45, 2.75) is 25.6 Å². The SMILES string of the molecule is Cc1cc(Nc2nccc(C(F)(F)F)n2)cc(-c2cnc([C@@](C)(O)c3ccc(C(=O)O)cc3)s2)n1. The van der Waals surface area contributed by atoms with Gasteiger partial charge in [-0.3, -0.25) is 4.98 Å². The normalized spacial score (nSPS) is 13.3. The van der Waals surface area contributed by atoms with E-state index in [9.17, 15) is 23.1 Å². The summed E-state index contributed by atoms with van der Waals surface area (Å²) < 4.78 is 38.9. The Kier molecular flexibility index (Phi) is 6.26. The van der Waals surface area contributed by atoms with Gasteiger partial charge in [0.15, 0.2) is 0 Å². The number of alkyl halides is 3. The quantitative estimate of drug-likeness (QED) is 0.337. The van der Waals surface area contributed by atoms with Gasteiger partial charge < -0.3 is 15.5 Å². The number of aromatic nitrogens is 4. The highest BCUT2D eigenvalue weighted by Crippen LogP contribution is 2.36. The summed E-state index contributed by atoms with van der Waals surface area (Å²) in [6.45, 7) is 3.27. The Bertz CT molecular complexity index is 1390. The molecule has 0 fully saturated rings. The van der Waals surface area contributed by atoms with Crippen molar-refractivity contribution in [3.8, 4) is 10.6 Å². The molecule has 0 amide bonds. The highest BCUT2D eigenvalue weighted by molar-refractivity contribution is 7.15. The summed E-state index contributed by atoms with van der Waals surface area (Å²) in [5.74, 6) is -1.28. The van der Waals surface area contributed by atoms with Gasteiger partial charge in [-0.15, -0.1) is 11.3 Å². The number of nitrogens with zero attached hydrogens (tertiary/aromatic N) is 4. The molecule has 1 atom stereocenters. The van der Waals surface area contributed by atoms with Gasteiger partial charge >= 0.3 is 12.1 Å². The molecule has 180 valence electrons. The number of aromatic carboxylic acids is 1. The van der Waals surface area contributed by atoms with Gasteiger partial charge in [-0.05, 0) is 49.7 Å². The summed E-state index contributed by atoms with van der Waals surface area (Å²) in [5.41, 5.74) is -0.494. The lowest BCUT2D eigenvalue weighted by molar-refractivity contribution is -0.141. The molecule has 0 aliphatic heterocycles. The van der Waals surface area contributed by atoms with Gasteiger partial charge in [0.2, 0.25) is 5.95 Å². The van der Waals surface area contributed by atoms with Crippen LogP contribution in [0.15, 0.2) is 54.9 Å². The van der Waals surface area contributed by atoms with Crippen molar-refractivity contribution in [1.29, 1.82) is 0 Å². The van der Waals surface area contributed by atoms with E-state index in [4.69, 9.17) is 5.11 Å². The molecular formula is C23H18F3N5O3S. The minimum atomic E-state index is -4.59. The van der Waals surface area contributed by atoms with Crippen LogP contribution in [0.5, 0.6) is 0 Å². The summed E-state index contributed by atoms with van der Waals surface area (Å²) >= 11 is 1.18. The van der Waals surface area contributed by atoms with Crippen LogP contribution in [-0.2, 0) is 11.8 Å². The minimum absolute atomic E-state index is 0.0955. The second-order valence-corrected chi connectivity index (χ2v) is 8.79. The zero-order chi connectivity index (χ0) is 25.4. The number of pyridine rings is 1. The van der Waals surface area contributed by atoms with Crippen molar-refractivity contribution < 1.29 is 28.2 Å². The van der Waals surface area contributed by atoms with Crippen molar-refractivity contribution in [2.24, 2.45) is 0 Å². The molecule has 0 bridgehead atoms. The number of aliphatic hydroxyl groups is 1. The molecule has 35 heavy (non-hydrogen) atoms. The van der Waals surface area contributed by atoms with Crippen LogP contribution >= 0.6 is 11.3 Å². The summed E-state index contributed by atoms with van der Waals surface area (Å²) in [6, 6.07) is 9.88. The zero-order valence-corrected chi connectivity index (χ0v) is 19.1. The van der Waals surface area contributed by atoms with Crippen molar-refractivity contribution in [2.75, 3.05) is 5.32 Å². The van der Waals surface area contributed by atoms with E-state index in [0.29, 0.717) is 32.5 Å². The number of halogens is 3. The highest BCUT2D eigenvalue weighted by Gasteiger charge is 2.33. The lowest BCUT2D eigenvalue weighted by Crippen LogP contribution is -2.22. The molecule has 4 aromatic rings. The molecule has 1 aromatic carbocycles. The first-order chi connectivity index (χ1) is 16.4. The van der Waals surface area contributed by atoms with Gasteiger partial charge in [-0.1, -0.05) is 12.1 Å². The number of thiazole rings is 1. The molecule has 3 heterocycles. The number of anilines is 2. The van der Waals surface area contributed by atoms with E-state index in [-0.39, 0.29) is 11.5 Å². The monoisotopic (exact) mass is 501 g/mol. The molecular weight excluding hydrogens is 483 g/mol. The topological polar surface area (TPSA) is 121 Å². The van der Waals surface area contributed by atoms with Gasteiger partial charge in [0, 0.05) is 23.8 Å². The van der Waals surface area contributed by atoms with E-state index in [1.165, 1.54) is 41.8 Å². The Morgan fingerprint density at radius 1 is 1.06 bits per heavy atom. The number of benzene rings is 1. The number of carboxylic acids is 1. The third kappa shape index (κ3) is 5.28. The number of hydrogen-bond acceptors (Lipinski definition) is 8. The maximum Gasteiger partial charge on any atom is 0.433 e. The zero-order valence-electron chi connectivity index (χ0n) is 18.3. The van der Waals surface area contributed by atoms with E-state index in [2.05, 4.69) is 25.3 Å². The van der Waals surface area contributed by atoms with Gasteiger partial charge in [-0.25, -0.2) is 19.7 Å². The standard InChI is InChI=1S/C23H18F3N5O3S/c1-12-9-15(30-21-27-8-7-18(31-21)23(24,25)26)10-16(29-12)17-11-28-20(35-17)22(2,34)14-5-3-13(4-6-14)19(32)33/h3-11,34H,1-2H3,(H,32,33)(H,27,29,30,31)/t22-/m0/s1. The largest absolute Gasteiger partial charge is 0.478 e. The predicted molar refractivity (Wildman–Crippen MR) is 122 cm³/mol. The number of hydrogen-bond donors (Lipinski definition) is 3. The Labute approximate surface area is 201 Å². The van der Waals surface area contributed by atoms with Crippen LogP contribution in [0, 0.1) is 6.92 Å². The van der Waals surface area contributed by atoms with Gasteiger partial charge in [-0.2, -0.15) is 13.2 Å². The third-order valence-electron chi connectivity index (χ3n) is 5.02. The first kappa shape index (κ1) is 24.2. The minimum Gasteiger partial charge on any atom is -0.478 e. The molecule has 0 aliphatic rings. The molecule has 4 rings (SSSR count). The second kappa shape index (κ2) is 9.04. The van der Waals surface area contributed by atoms with E-state index >= 15 is 0 Å². The molecule has 8 nitrogen and oxygen atoms in total. The number of carboxylic acid groups (broad SMARTS) is 1. The number of rotatable bonds is 6. The number of aryl methyl sites for hydroxylation is 1. The molecule has 0 radical (unpaired) electrons. The van der Waals surface area contributed by atoms with Crippen LogP contribution in [0.1, 0.15) is 39.2 Å². The van der Waals surface area contributed by atoms with E-state index < -0.39 is 23.4 Å². The molecule has 3 N–H and O–H groups in total. The summed E-state index contributed by atoms with van der Waals surface area (Å²) in [5, 5.41) is 23.3. The Morgan fingerprint density at radius 3 is 2.43 bits per heavy atom. The van der Waals surface area contributed by atoms with Crippen LogP contribution < -0.4 is 5.32 Å². The summed E-state index contributed by atoms with van der Waals surface area (Å²) in [7, 11) is 0. The molecule has 0 saturated heterocycles. The summed E-state index contributed by atoms with van der Waals surface area (Å²) in [4.78, 5) is 27.8. The number of carbonyl (C=O) groups is 1. The maximum absolute atomic E-state index is 13.0. The third-order valence-corrected chi connectivity index (χ3v) is 6.25. The smallest absolute Gasteiger partial charge is 0.433 e. The first-order valence-corrected chi connectivity index (χ1v) is 10.9. The second-order valence-electron chi connectivity index (χ2n) is 7.76.